The lowest BCUT2D eigenvalue weighted by Gasteiger charge is -2.23. The molecule has 8 heteroatoms. The number of aromatic nitrogens is 4. The van der Waals surface area contributed by atoms with Crippen molar-refractivity contribution in [2.24, 2.45) is 0 Å². The van der Waals surface area contributed by atoms with Crippen LogP contribution in [0.25, 0.3) is 0 Å². The van der Waals surface area contributed by atoms with Crippen molar-refractivity contribution in [3.63, 3.8) is 0 Å². The van der Waals surface area contributed by atoms with Gasteiger partial charge in [-0.25, -0.2) is 9.97 Å². The van der Waals surface area contributed by atoms with Crippen molar-refractivity contribution in [2.75, 3.05) is 0 Å². The van der Waals surface area contributed by atoms with Crippen molar-refractivity contribution < 1.29 is 9.13 Å². The van der Waals surface area contributed by atoms with Gasteiger partial charge in [-0.3, -0.25) is 0 Å². The highest BCUT2D eigenvalue weighted by Gasteiger charge is 2.23. The predicted octanol–water partition coefficient (Wildman–Crippen LogP) is 6.30. The van der Waals surface area contributed by atoms with Crippen LogP contribution in [0.4, 0.5) is 4.39 Å². The molecular weight excluding hydrogens is 419 g/mol. The zero-order valence-electron chi connectivity index (χ0n) is 18.8. The molecule has 0 aliphatic heterocycles. The Morgan fingerprint density at radius 3 is 2.40 bits per heavy atom. The van der Waals surface area contributed by atoms with Gasteiger partial charge in [0.25, 0.3) is 0 Å². The van der Waals surface area contributed by atoms with Crippen molar-refractivity contribution in [1.82, 2.24) is 19.5 Å². The van der Waals surface area contributed by atoms with Gasteiger partial charge in [0.05, 0.1) is 27.8 Å². The highest BCUT2D eigenvalue weighted by Crippen LogP contribution is 2.31. The lowest BCUT2D eigenvalue weighted by atomic mass is 9.93. The first kappa shape index (κ1) is 22.9. The van der Waals surface area contributed by atoms with E-state index in [2.05, 4.69) is 56.1 Å². The van der Waals surface area contributed by atoms with Crippen molar-refractivity contribution in [3.05, 3.63) is 44.4 Å². The van der Waals surface area contributed by atoms with E-state index in [4.69, 9.17) is 9.72 Å². The van der Waals surface area contributed by atoms with Crippen molar-refractivity contribution >= 4 is 22.7 Å². The molecule has 3 aromatic rings. The molecule has 0 N–H and O–H groups in total. The van der Waals surface area contributed by atoms with Gasteiger partial charge < -0.3 is 9.30 Å². The minimum atomic E-state index is -0.353. The molecule has 0 bridgehead atoms. The molecule has 3 aromatic heterocycles. The van der Waals surface area contributed by atoms with Gasteiger partial charge in [-0.2, -0.15) is 9.37 Å². The number of thiazole rings is 2. The van der Waals surface area contributed by atoms with Gasteiger partial charge in [0.2, 0.25) is 11.8 Å². The Morgan fingerprint density at radius 1 is 1.10 bits per heavy atom. The summed E-state index contributed by atoms with van der Waals surface area (Å²) in [6, 6.07) is 0. The lowest BCUT2D eigenvalue weighted by Crippen LogP contribution is -2.23. The second-order valence-corrected chi connectivity index (χ2v) is 11.4. The highest BCUT2D eigenvalue weighted by atomic mass is 32.1. The van der Waals surface area contributed by atoms with Gasteiger partial charge in [-0.1, -0.05) is 27.7 Å². The lowest BCUT2D eigenvalue weighted by molar-refractivity contribution is 0.286. The number of ether oxygens (including phenoxy) is 1. The van der Waals surface area contributed by atoms with Crippen molar-refractivity contribution in [2.45, 2.75) is 84.8 Å². The molecule has 5 nitrogen and oxygen atoms in total. The number of nitrogens with zero attached hydrogens (tertiary/aromatic N) is 4. The van der Waals surface area contributed by atoms with E-state index in [-0.39, 0.29) is 22.8 Å². The minimum Gasteiger partial charge on any atom is -0.470 e. The number of hydrogen-bond donors (Lipinski definition) is 0. The molecular formula is C22H31FN4OS2. The maximum Gasteiger partial charge on any atom is 0.232 e. The first-order valence-electron chi connectivity index (χ1n) is 10.2. The molecule has 3 heterocycles. The van der Waals surface area contributed by atoms with Crippen LogP contribution in [0.5, 0.6) is 5.88 Å². The van der Waals surface area contributed by atoms with Gasteiger partial charge >= 0.3 is 0 Å². The molecule has 164 valence electrons. The van der Waals surface area contributed by atoms with E-state index in [1.807, 2.05) is 18.6 Å². The molecule has 1 atom stereocenters. The fourth-order valence-electron chi connectivity index (χ4n) is 3.38. The van der Waals surface area contributed by atoms with Gasteiger partial charge in [0.15, 0.2) is 0 Å². The summed E-state index contributed by atoms with van der Waals surface area (Å²) in [5, 5.41) is 0. The van der Waals surface area contributed by atoms with E-state index in [0.717, 1.165) is 24.4 Å². The normalized spacial score (nSPS) is 13.6. The molecule has 3 rings (SSSR count). The van der Waals surface area contributed by atoms with E-state index in [9.17, 15) is 4.39 Å². The largest absolute Gasteiger partial charge is 0.470 e. The van der Waals surface area contributed by atoms with Gasteiger partial charge in [0.1, 0.15) is 12.4 Å². The van der Waals surface area contributed by atoms with Crippen LogP contribution in [-0.2, 0) is 24.0 Å². The smallest absolute Gasteiger partial charge is 0.232 e. The monoisotopic (exact) mass is 450 g/mol. The number of hydrogen-bond acceptors (Lipinski definition) is 6. The van der Waals surface area contributed by atoms with Gasteiger partial charge in [0, 0.05) is 16.8 Å². The predicted molar refractivity (Wildman–Crippen MR) is 121 cm³/mol. The molecule has 0 radical (unpaired) electrons. The Bertz CT molecular complexity index is 978. The molecule has 0 amide bonds. The van der Waals surface area contributed by atoms with E-state index < -0.39 is 0 Å². The number of imidazole rings is 1. The van der Waals surface area contributed by atoms with E-state index >= 15 is 0 Å². The van der Waals surface area contributed by atoms with Crippen LogP contribution < -0.4 is 4.74 Å². The van der Waals surface area contributed by atoms with E-state index in [1.165, 1.54) is 16.2 Å². The summed E-state index contributed by atoms with van der Waals surface area (Å²) in [5.74, 6) is 1.29. The average molecular weight is 451 g/mol. The van der Waals surface area contributed by atoms with Crippen molar-refractivity contribution in [1.29, 1.82) is 0 Å². The fourth-order valence-corrected chi connectivity index (χ4v) is 5.03. The van der Waals surface area contributed by atoms with Crippen LogP contribution in [0.2, 0.25) is 0 Å². The molecule has 1 unspecified atom stereocenters. The molecule has 0 saturated carbocycles. The third-order valence-electron chi connectivity index (χ3n) is 4.96. The van der Waals surface area contributed by atoms with Crippen LogP contribution in [0.1, 0.15) is 82.1 Å². The van der Waals surface area contributed by atoms with Gasteiger partial charge in [-0.05, 0) is 38.5 Å². The van der Waals surface area contributed by atoms with Crippen LogP contribution >= 0.6 is 22.7 Å². The summed E-state index contributed by atoms with van der Waals surface area (Å²) in [4.78, 5) is 14.9. The molecule has 0 fully saturated rings. The fraction of sp³-hybridized carbons (Fsp3) is 0.591. The molecule has 0 aliphatic carbocycles. The zero-order chi connectivity index (χ0) is 22.1. The summed E-state index contributed by atoms with van der Waals surface area (Å²) in [5.41, 5.74) is 4.32. The zero-order valence-corrected chi connectivity index (χ0v) is 20.5. The number of halogens is 1. The van der Waals surface area contributed by atoms with Crippen LogP contribution in [0, 0.1) is 5.95 Å². The Balaban J connectivity index is 1.74. The first-order chi connectivity index (χ1) is 14.0. The maximum absolute atomic E-state index is 13.8. The Kier molecular flexibility index (Phi) is 6.67. The Labute approximate surface area is 186 Å². The maximum atomic E-state index is 13.8. The average Bonchev–Trinajstić information content (AvgIpc) is 3.35. The molecule has 30 heavy (non-hydrogen) atoms. The van der Waals surface area contributed by atoms with Crippen molar-refractivity contribution in [3.8, 4) is 5.88 Å². The summed E-state index contributed by atoms with van der Waals surface area (Å²) in [6.07, 6.45) is 3.51. The second-order valence-electron chi connectivity index (χ2n) is 9.65. The first-order valence-corrected chi connectivity index (χ1v) is 12.0. The Hall–Kier alpha value is -1.80. The second kappa shape index (κ2) is 8.75. The minimum absolute atomic E-state index is 0.0395. The summed E-state index contributed by atoms with van der Waals surface area (Å²) in [6.45, 7) is 15.4. The topological polar surface area (TPSA) is 52.8 Å². The Morgan fingerprint density at radius 2 is 1.80 bits per heavy atom. The third-order valence-corrected chi connectivity index (χ3v) is 7.29. The summed E-state index contributed by atoms with van der Waals surface area (Å²) >= 11 is 3.04. The van der Waals surface area contributed by atoms with Crippen LogP contribution in [0.3, 0.4) is 0 Å². The standard InChI is InChI=1S/C22H31FN4OS2/c1-14(18-20(23)25-13-29-18)8-9-16-26-17(10-27(16)22(5,6)7)28-11-15-19(21(2,3)4)30-12-24-15/h10,12-14H,8-9,11H2,1-7H3. The SMILES string of the molecule is CC(CCc1nc(OCc2ncsc2C(C)(C)C)cn1C(C)(C)C)c1scnc1F. The molecule has 0 saturated heterocycles. The number of rotatable bonds is 7. The number of aryl methyl sites for hydroxylation is 1. The highest BCUT2D eigenvalue weighted by molar-refractivity contribution is 7.10. The van der Waals surface area contributed by atoms with E-state index in [1.54, 1.807) is 16.8 Å². The quantitative estimate of drug-likeness (QED) is 0.424. The molecule has 0 aliphatic rings. The van der Waals surface area contributed by atoms with Crippen LogP contribution in [-0.4, -0.2) is 19.5 Å². The summed E-state index contributed by atoms with van der Waals surface area (Å²) < 4.78 is 22.0. The van der Waals surface area contributed by atoms with E-state index in [0.29, 0.717) is 17.4 Å². The van der Waals surface area contributed by atoms with Crippen LogP contribution in [0.15, 0.2) is 17.2 Å². The molecule has 0 spiro atoms. The molecule has 0 aromatic carbocycles. The van der Waals surface area contributed by atoms with Gasteiger partial charge in [-0.15, -0.1) is 22.7 Å². The third kappa shape index (κ3) is 5.27. The summed E-state index contributed by atoms with van der Waals surface area (Å²) in [7, 11) is 0.